The van der Waals surface area contributed by atoms with Crippen LogP contribution in [0.4, 0.5) is 4.39 Å². The van der Waals surface area contributed by atoms with E-state index in [0.717, 1.165) is 30.4 Å². The lowest BCUT2D eigenvalue weighted by molar-refractivity contribution is 0.162. The molecule has 19 heavy (non-hydrogen) atoms. The summed E-state index contributed by atoms with van der Waals surface area (Å²) in [5, 5.41) is 12.1. The van der Waals surface area contributed by atoms with Crippen LogP contribution in [0.25, 0.3) is 0 Å². The van der Waals surface area contributed by atoms with Gasteiger partial charge in [-0.05, 0) is 67.3 Å². The highest BCUT2D eigenvalue weighted by Gasteiger charge is 2.08. The third-order valence-corrected chi connectivity index (χ3v) is 4.24. The van der Waals surface area contributed by atoms with E-state index in [9.17, 15) is 9.50 Å². The van der Waals surface area contributed by atoms with E-state index < -0.39 is 0 Å². The molecule has 1 atom stereocenters. The number of aryl methyl sites for hydroxylation is 2. The molecule has 1 nitrogen and oxygen atoms in total. The average molecular weight is 278 g/mol. The van der Waals surface area contributed by atoms with E-state index in [0.29, 0.717) is 6.42 Å². The average Bonchev–Trinajstić information content (AvgIpc) is 2.86. The van der Waals surface area contributed by atoms with E-state index in [1.54, 1.807) is 17.4 Å². The van der Waals surface area contributed by atoms with Crippen LogP contribution < -0.4 is 0 Å². The molecule has 0 bridgehead atoms. The Balaban J connectivity index is 1.79. The summed E-state index contributed by atoms with van der Waals surface area (Å²) in [6, 6.07) is 8.93. The lowest BCUT2D eigenvalue weighted by Crippen LogP contribution is -2.11. The number of aliphatic hydroxyl groups is 1. The Morgan fingerprint density at radius 1 is 1.32 bits per heavy atom. The zero-order valence-corrected chi connectivity index (χ0v) is 11.9. The highest BCUT2D eigenvalue weighted by atomic mass is 32.1. The molecule has 0 aliphatic carbocycles. The maximum atomic E-state index is 13.0. The van der Waals surface area contributed by atoms with Crippen LogP contribution in [0, 0.1) is 12.7 Å². The molecule has 0 aliphatic rings. The SMILES string of the molecule is Cc1cc(F)ccc1CC(O)CCCc1cccs1. The van der Waals surface area contributed by atoms with E-state index in [4.69, 9.17) is 0 Å². The zero-order valence-electron chi connectivity index (χ0n) is 11.1. The Morgan fingerprint density at radius 3 is 2.84 bits per heavy atom. The Bertz CT molecular complexity index is 507. The van der Waals surface area contributed by atoms with Gasteiger partial charge in [0.15, 0.2) is 0 Å². The lowest BCUT2D eigenvalue weighted by atomic mass is 9.99. The standard InChI is InChI=1S/C16H19FOS/c1-12-10-14(17)8-7-13(12)11-15(18)4-2-5-16-6-3-9-19-16/h3,6-10,15,18H,2,4-5,11H2,1H3. The number of thiophene rings is 1. The molecule has 2 rings (SSSR count). The van der Waals surface area contributed by atoms with Gasteiger partial charge in [0.2, 0.25) is 0 Å². The van der Waals surface area contributed by atoms with Crippen molar-refractivity contribution in [2.75, 3.05) is 0 Å². The van der Waals surface area contributed by atoms with Crippen LogP contribution in [-0.4, -0.2) is 11.2 Å². The van der Waals surface area contributed by atoms with Crippen molar-refractivity contribution < 1.29 is 9.50 Å². The Morgan fingerprint density at radius 2 is 2.16 bits per heavy atom. The van der Waals surface area contributed by atoms with Crippen molar-refractivity contribution in [2.45, 2.75) is 38.7 Å². The minimum atomic E-state index is -0.343. The van der Waals surface area contributed by atoms with Crippen molar-refractivity contribution in [1.29, 1.82) is 0 Å². The highest BCUT2D eigenvalue weighted by Crippen LogP contribution is 2.16. The van der Waals surface area contributed by atoms with Crippen molar-refractivity contribution in [1.82, 2.24) is 0 Å². The fourth-order valence-corrected chi connectivity index (χ4v) is 2.96. The molecule has 1 unspecified atom stereocenters. The first kappa shape index (κ1) is 14.2. The minimum Gasteiger partial charge on any atom is -0.393 e. The first-order chi connectivity index (χ1) is 9.15. The topological polar surface area (TPSA) is 20.2 Å². The van der Waals surface area contributed by atoms with Crippen LogP contribution in [-0.2, 0) is 12.8 Å². The normalized spacial score (nSPS) is 12.6. The predicted molar refractivity (Wildman–Crippen MR) is 78.1 cm³/mol. The lowest BCUT2D eigenvalue weighted by Gasteiger charge is -2.12. The van der Waals surface area contributed by atoms with E-state index in [2.05, 4.69) is 17.5 Å². The Labute approximate surface area is 117 Å². The molecule has 0 radical (unpaired) electrons. The molecular formula is C16H19FOS. The van der Waals surface area contributed by atoms with Gasteiger partial charge in [-0.15, -0.1) is 11.3 Å². The summed E-state index contributed by atoms with van der Waals surface area (Å²) >= 11 is 1.76. The fraction of sp³-hybridized carbons (Fsp3) is 0.375. The summed E-state index contributed by atoms with van der Waals surface area (Å²) in [5.74, 6) is -0.214. The highest BCUT2D eigenvalue weighted by molar-refractivity contribution is 7.09. The molecule has 0 fully saturated rings. The zero-order chi connectivity index (χ0) is 13.7. The van der Waals surface area contributed by atoms with Crippen LogP contribution in [0.3, 0.4) is 0 Å². The Kier molecular flexibility index (Phi) is 5.11. The number of hydrogen-bond donors (Lipinski definition) is 1. The molecule has 1 N–H and O–H groups in total. The molecule has 2 aromatic rings. The molecule has 1 heterocycles. The van der Waals surface area contributed by atoms with Gasteiger partial charge in [0.05, 0.1) is 6.10 Å². The van der Waals surface area contributed by atoms with E-state index in [-0.39, 0.29) is 11.9 Å². The number of halogens is 1. The molecule has 0 saturated carbocycles. The minimum absolute atomic E-state index is 0.214. The van der Waals surface area contributed by atoms with Gasteiger partial charge >= 0.3 is 0 Å². The van der Waals surface area contributed by atoms with Gasteiger partial charge in [0, 0.05) is 4.88 Å². The Hall–Kier alpha value is -1.19. The molecule has 0 aliphatic heterocycles. The van der Waals surface area contributed by atoms with Gasteiger partial charge in [-0.1, -0.05) is 12.1 Å². The maximum absolute atomic E-state index is 13.0. The van der Waals surface area contributed by atoms with E-state index in [1.165, 1.54) is 17.0 Å². The van der Waals surface area contributed by atoms with Crippen molar-refractivity contribution in [3.8, 4) is 0 Å². The summed E-state index contributed by atoms with van der Waals surface area (Å²) in [5.41, 5.74) is 1.95. The molecule has 3 heteroatoms. The second-order valence-corrected chi connectivity index (χ2v) is 5.93. The maximum Gasteiger partial charge on any atom is 0.123 e. The molecule has 102 valence electrons. The summed E-state index contributed by atoms with van der Waals surface area (Å²) in [6.07, 6.45) is 3.06. The second kappa shape index (κ2) is 6.83. The van der Waals surface area contributed by atoms with Crippen molar-refractivity contribution in [2.24, 2.45) is 0 Å². The number of aliphatic hydroxyl groups excluding tert-OH is 1. The van der Waals surface area contributed by atoms with Crippen LogP contribution in [0.15, 0.2) is 35.7 Å². The van der Waals surface area contributed by atoms with Gasteiger partial charge in [-0.25, -0.2) is 4.39 Å². The summed E-state index contributed by atoms with van der Waals surface area (Å²) in [4.78, 5) is 1.37. The van der Waals surface area contributed by atoms with Crippen LogP contribution in [0.2, 0.25) is 0 Å². The van der Waals surface area contributed by atoms with Gasteiger partial charge < -0.3 is 5.11 Å². The molecule has 0 saturated heterocycles. The largest absolute Gasteiger partial charge is 0.393 e. The van der Waals surface area contributed by atoms with Crippen molar-refractivity contribution in [3.63, 3.8) is 0 Å². The smallest absolute Gasteiger partial charge is 0.123 e. The first-order valence-electron chi connectivity index (χ1n) is 6.60. The quantitative estimate of drug-likeness (QED) is 0.842. The van der Waals surface area contributed by atoms with Gasteiger partial charge in [-0.2, -0.15) is 0 Å². The predicted octanol–water partition coefficient (Wildman–Crippen LogP) is 4.12. The third kappa shape index (κ3) is 4.44. The summed E-state index contributed by atoms with van der Waals surface area (Å²) < 4.78 is 13.0. The number of benzene rings is 1. The van der Waals surface area contributed by atoms with Crippen molar-refractivity contribution >= 4 is 11.3 Å². The molecular weight excluding hydrogens is 259 g/mol. The molecule has 1 aromatic carbocycles. The molecule has 0 amide bonds. The van der Waals surface area contributed by atoms with Crippen molar-refractivity contribution in [3.05, 3.63) is 57.5 Å². The third-order valence-electron chi connectivity index (χ3n) is 3.30. The van der Waals surface area contributed by atoms with Crippen LogP contribution >= 0.6 is 11.3 Å². The van der Waals surface area contributed by atoms with Gasteiger partial charge in [-0.3, -0.25) is 0 Å². The summed E-state index contributed by atoms with van der Waals surface area (Å²) in [6.45, 7) is 1.89. The molecule has 0 spiro atoms. The summed E-state index contributed by atoms with van der Waals surface area (Å²) in [7, 11) is 0. The first-order valence-corrected chi connectivity index (χ1v) is 7.48. The van der Waals surface area contributed by atoms with Gasteiger partial charge in [0.1, 0.15) is 5.82 Å². The number of hydrogen-bond acceptors (Lipinski definition) is 2. The second-order valence-electron chi connectivity index (χ2n) is 4.90. The fourth-order valence-electron chi connectivity index (χ4n) is 2.21. The van der Waals surface area contributed by atoms with Gasteiger partial charge in [0.25, 0.3) is 0 Å². The molecule has 1 aromatic heterocycles. The van der Waals surface area contributed by atoms with Crippen LogP contribution in [0.1, 0.15) is 28.8 Å². The monoisotopic (exact) mass is 278 g/mol. The van der Waals surface area contributed by atoms with Crippen LogP contribution in [0.5, 0.6) is 0 Å². The number of rotatable bonds is 6. The van der Waals surface area contributed by atoms with E-state index >= 15 is 0 Å². The van der Waals surface area contributed by atoms with E-state index in [1.807, 2.05) is 6.92 Å².